The third-order valence-corrected chi connectivity index (χ3v) is 6.19. The van der Waals surface area contributed by atoms with E-state index in [4.69, 9.17) is 9.47 Å². The van der Waals surface area contributed by atoms with Gasteiger partial charge in [0, 0.05) is 31.9 Å². The van der Waals surface area contributed by atoms with Crippen molar-refractivity contribution in [2.45, 2.75) is 74.7 Å². The van der Waals surface area contributed by atoms with Gasteiger partial charge in [-0.15, -0.1) is 0 Å². The summed E-state index contributed by atoms with van der Waals surface area (Å²) in [6, 6.07) is 1.10. The van der Waals surface area contributed by atoms with Gasteiger partial charge >= 0.3 is 0 Å². The van der Waals surface area contributed by atoms with Gasteiger partial charge in [0.1, 0.15) is 0 Å². The third kappa shape index (κ3) is 2.31. The third-order valence-electron chi connectivity index (χ3n) is 6.19. The topological polar surface area (TPSA) is 50.7 Å². The lowest BCUT2D eigenvalue weighted by atomic mass is 9.68. The Morgan fingerprint density at radius 1 is 0.900 bits per heavy atom. The molecule has 0 aromatic carbocycles. The van der Waals surface area contributed by atoms with Crippen LogP contribution < -0.4 is 5.32 Å². The Bertz CT molecular complexity index is 349. The highest BCUT2D eigenvalue weighted by Gasteiger charge is 2.51. The molecule has 0 amide bonds. The van der Waals surface area contributed by atoms with E-state index in [9.17, 15) is 5.11 Å². The fourth-order valence-corrected chi connectivity index (χ4v) is 5.07. The molecule has 0 aromatic rings. The van der Waals surface area contributed by atoms with Gasteiger partial charge in [0.2, 0.25) is 0 Å². The van der Waals surface area contributed by atoms with Gasteiger partial charge < -0.3 is 19.9 Å². The van der Waals surface area contributed by atoms with E-state index in [2.05, 4.69) is 5.32 Å². The summed E-state index contributed by atoms with van der Waals surface area (Å²) >= 11 is 0. The molecule has 4 rings (SSSR count). The maximum Gasteiger partial charge on any atom is 0.0730 e. The molecule has 114 valence electrons. The zero-order valence-electron chi connectivity index (χ0n) is 12.3. The molecule has 0 radical (unpaired) electrons. The smallest absolute Gasteiger partial charge is 0.0730 e. The van der Waals surface area contributed by atoms with E-state index in [0.29, 0.717) is 18.0 Å². The summed E-state index contributed by atoms with van der Waals surface area (Å²) in [4.78, 5) is 0. The van der Waals surface area contributed by atoms with Crippen LogP contribution in [0.2, 0.25) is 0 Å². The average Bonchev–Trinajstić information content (AvgIpc) is 2.79. The first-order valence-electron chi connectivity index (χ1n) is 8.38. The highest BCUT2D eigenvalue weighted by molar-refractivity contribution is 5.05. The van der Waals surface area contributed by atoms with E-state index in [-0.39, 0.29) is 5.60 Å². The first-order valence-corrected chi connectivity index (χ1v) is 8.38. The van der Waals surface area contributed by atoms with Gasteiger partial charge in [-0.2, -0.15) is 0 Å². The van der Waals surface area contributed by atoms with Crippen LogP contribution in [-0.2, 0) is 9.47 Å². The molecule has 0 aliphatic carbocycles. The quantitative estimate of drug-likeness (QED) is 0.766. The molecule has 4 saturated heterocycles. The van der Waals surface area contributed by atoms with Crippen LogP contribution in [-0.4, -0.2) is 48.2 Å². The van der Waals surface area contributed by atoms with Crippen LogP contribution >= 0.6 is 0 Å². The van der Waals surface area contributed by atoms with Gasteiger partial charge in [-0.25, -0.2) is 0 Å². The Morgan fingerprint density at radius 3 is 2.30 bits per heavy atom. The van der Waals surface area contributed by atoms with E-state index >= 15 is 0 Å². The van der Waals surface area contributed by atoms with Crippen molar-refractivity contribution in [1.82, 2.24) is 5.32 Å². The molecule has 4 aliphatic rings. The van der Waals surface area contributed by atoms with Gasteiger partial charge in [0.05, 0.1) is 11.2 Å². The Morgan fingerprint density at radius 2 is 1.60 bits per heavy atom. The highest BCUT2D eigenvalue weighted by atomic mass is 16.5. The van der Waals surface area contributed by atoms with Crippen molar-refractivity contribution in [2.24, 2.45) is 5.92 Å². The molecule has 2 bridgehead atoms. The predicted octanol–water partition coefficient (Wildman–Crippen LogP) is 1.61. The number of fused-ring (bicyclic) bond motifs is 2. The second-order valence-electron chi connectivity index (χ2n) is 7.48. The van der Waals surface area contributed by atoms with Crippen LogP contribution in [0.25, 0.3) is 0 Å². The summed E-state index contributed by atoms with van der Waals surface area (Å²) in [5, 5.41) is 14.9. The Balaban J connectivity index is 1.50. The Hall–Kier alpha value is -0.160. The molecule has 4 heteroatoms. The van der Waals surface area contributed by atoms with Crippen molar-refractivity contribution in [3.05, 3.63) is 0 Å². The summed E-state index contributed by atoms with van der Waals surface area (Å²) in [6.45, 7) is 2.45. The minimum absolute atomic E-state index is 0.000813. The standard InChI is InChI=1S/C16H27NO3/c18-16(10-13-1-2-14(11-16)17-13)12-3-6-20-15(9-12)4-7-19-8-5-15/h12-14,17-18H,1-11H2. The van der Waals surface area contributed by atoms with Crippen LogP contribution in [0, 0.1) is 5.92 Å². The van der Waals surface area contributed by atoms with Gasteiger partial charge in [-0.3, -0.25) is 0 Å². The summed E-state index contributed by atoms with van der Waals surface area (Å²) in [7, 11) is 0. The molecule has 4 aliphatic heterocycles. The number of rotatable bonds is 1. The summed E-state index contributed by atoms with van der Waals surface area (Å²) in [6.07, 6.45) is 8.45. The van der Waals surface area contributed by atoms with E-state index in [1.807, 2.05) is 0 Å². The van der Waals surface area contributed by atoms with Crippen LogP contribution in [0.1, 0.15) is 51.4 Å². The maximum absolute atomic E-state index is 11.3. The Labute approximate surface area is 121 Å². The summed E-state index contributed by atoms with van der Waals surface area (Å²) in [5.41, 5.74) is -0.451. The van der Waals surface area contributed by atoms with Crippen molar-refractivity contribution in [3.8, 4) is 0 Å². The van der Waals surface area contributed by atoms with Crippen molar-refractivity contribution in [2.75, 3.05) is 19.8 Å². The highest BCUT2D eigenvalue weighted by Crippen LogP contribution is 2.47. The van der Waals surface area contributed by atoms with Crippen molar-refractivity contribution in [3.63, 3.8) is 0 Å². The van der Waals surface area contributed by atoms with Gasteiger partial charge in [0.25, 0.3) is 0 Å². The molecular weight excluding hydrogens is 254 g/mol. The number of ether oxygens (including phenoxy) is 2. The van der Waals surface area contributed by atoms with Crippen molar-refractivity contribution < 1.29 is 14.6 Å². The molecule has 4 fully saturated rings. The molecule has 4 nitrogen and oxygen atoms in total. The molecule has 3 unspecified atom stereocenters. The fourth-order valence-electron chi connectivity index (χ4n) is 5.07. The normalized spacial score (nSPS) is 47.5. The SMILES string of the molecule is OC1(C2CCOC3(CCOCC3)C2)CC2CCC(C1)N2. The molecule has 3 atom stereocenters. The number of piperidine rings is 1. The average molecular weight is 281 g/mol. The molecule has 4 heterocycles. The zero-order valence-corrected chi connectivity index (χ0v) is 12.3. The monoisotopic (exact) mass is 281 g/mol. The number of aliphatic hydroxyl groups is 1. The van der Waals surface area contributed by atoms with Gasteiger partial charge in [-0.05, 0) is 57.3 Å². The lowest BCUT2D eigenvalue weighted by Gasteiger charge is -2.50. The van der Waals surface area contributed by atoms with Crippen molar-refractivity contribution in [1.29, 1.82) is 0 Å². The molecule has 1 spiro atoms. The molecular formula is C16H27NO3. The van der Waals surface area contributed by atoms with Gasteiger partial charge in [-0.1, -0.05) is 0 Å². The number of hydrogen-bond acceptors (Lipinski definition) is 4. The first kappa shape index (κ1) is 13.5. The zero-order chi connectivity index (χ0) is 13.6. The number of nitrogens with one attached hydrogen (secondary N) is 1. The van der Waals surface area contributed by atoms with Crippen LogP contribution in [0.4, 0.5) is 0 Å². The maximum atomic E-state index is 11.3. The van der Waals surface area contributed by atoms with E-state index in [1.165, 1.54) is 12.8 Å². The Kier molecular flexibility index (Phi) is 3.33. The van der Waals surface area contributed by atoms with Crippen molar-refractivity contribution >= 4 is 0 Å². The predicted molar refractivity (Wildman–Crippen MR) is 75.6 cm³/mol. The first-order chi connectivity index (χ1) is 9.68. The van der Waals surface area contributed by atoms with Crippen LogP contribution in [0.3, 0.4) is 0 Å². The lowest BCUT2D eigenvalue weighted by Crippen LogP contribution is -2.56. The molecule has 20 heavy (non-hydrogen) atoms. The molecule has 0 aromatic heterocycles. The summed E-state index contributed by atoms with van der Waals surface area (Å²) < 4.78 is 11.6. The second-order valence-corrected chi connectivity index (χ2v) is 7.48. The van der Waals surface area contributed by atoms with Gasteiger partial charge in [0.15, 0.2) is 0 Å². The largest absolute Gasteiger partial charge is 0.389 e. The van der Waals surface area contributed by atoms with Crippen LogP contribution in [0.5, 0.6) is 0 Å². The minimum atomic E-state index is -0.452. The van der Waals surface area contributed by atoms with E-state index < -0.39 is 5.60 Å². The molecule has 0 saturated carbocycles. The number of hydrogen-bond donors (Lipinski definition) is 2. The van der Waals surface area contributed by atoms with E-state index in [0.717, 1.165) is 58.3 Å². The fraction of sp³-hybridized carbons (Fsp3) is 1.00. The van der Waals surface area contributed by atoms with E-state index in [1.54, 1.807) is 0 Å². The summed E-state index contributed by atoms with van der Waals surface area (Å²) in [5.74, 6) is 0.416. The molecule has 2 N–H and O–H groups in total. The second kappa shape index (κ2) is 4.94. The minimum Gasteiger partial charge on any atom is -0.389 e. The lowest BCUT2D eigenvalue weighted by molar-refractivity contribution is -0.181. The van der Waals surface area contributed by atoms with Crippen LogP contribution in [0.15, 0.2) is 0 Å².